The zero-order valence-corrected chi connectivity index (χ0v) is 22.1. The van der Waals surface area contributed by atoms with Gasteiger partial charge < -0.3 is 15.2 Å². The molecule has 0 bridgehead atoms. The predicted molar refractivity (Wildman–Crippen MR) is 133 cm³/mol. The number of aromatic nitrogens is 4. The van der Waals surface area contributed by atoms with Crippen LogP contribution in [0.15, 0.2) is 47.8 Å². The third-order valence-electron chi connectivity index (χ3n) is 6.47. The third-order valence-corrected chi connectivity index (χ3v) is 8.24. The van der Waals surface area contributed by atoms with Gasteiger partial charge in [0.15, 0.2) is 10.7 Å². The first-order valence-corrected chi connectivity index (χ1v) is 13.6. The summed E-state index contributed by atoms with van der Waals surface area (Å²) < 4.78 is 70.0. The minimum absolute atomic E-state index is 0.00945. The van der Waals surface area contributed by atoms with E-state index in [0.29, 0.717) is 24.4 Å². The largest absolute Gasteiger partial charge is 0.435 e. The van der Waals surface area contributed by atoms with E-state index in [-0.39, 0.29) is 37.1 Å². The lowest BCUT2D eigenvalue weighted by Crippen LogP contribution is -2.44. The number of halogens is 3. The van der Waals surface area contributed by atoms with Crippen LogP contribution in [0.4, 0.5) is 13.2 Å². The molecule has 15 heteroatoms. The number of rotatable bonds is 8. The molecule has 1 aliphatic heterocycles. The van der Waals surface area contributed by atoms with Crippen molar-refractivity contribution in [3.8, 4) is 5.69 Å². The lowest BCUT2D eigenvalue weighted by atomic mass is 9.97. The van der Waals surface area contributed by atoms with Gasteiger partial charge in [-0.3, -0.25) is 9.59 Å². The van der Waals surface area contributed by atoms with Gasteiger partial charge >= 0.3 is 6.18 Å². The monoisotopic (exact) mass is 567 g/mol. The molecule has 3 aromatic rings. The Morgan fingerprint density at radius 1 is 1.05 bits per heavy atom. The van der Waals surface area contributed by atoms with Gasteiger partial charge in [0, 0.05) is 51.5 Å². The first-order chi connectivity index (χ1) is 18.4. The number of imidazole rings is 1. The Balaban J connectivity index is 1.27. The van der Waals surface area contributed by atoms with Gasteiger partial charge in [-0.15, -0.1) is 0 Å². The number of sulfonamides is 1. The minimum atomic E-state index is -4.83. The molecule has 0 unspecified atom stereocenters. The first kappa shape index (κ1) is 28.3. The molecule has 210 valence electrons. The van der Waals surface area contributed by atoms with E-state index in [1.54, 1.807) is 48.9 Å². The fraction of sp³-hybridized carbons (Fsp3) is 0.417. The molecule has 2 N–H and O–H groups in total. The number of benzene rings is 1. The highest BCUT2D eigenvalue weighted by molar-refractivity contribution is 7.89. The maximum Gasteiger partial charge on any atom is 0.435 e. The summed E-state index contributed by atoms with van der Waals surface area (Å²) in [5.41, 5.74) is -1.58. The second-order valence-electron chi connectivity index (χ2n) is 9.13. The maximum absolute atomic E-state index is 13.5. The molecule has 2 amide bonds. The molecule has 1 saturated heterocycles. The van der Waals surface area contributed by atoms with E-state index in [4.69, 9.17) is 0 Å². The Morgan fingerprint density at radius 2 is 1.69 bits per heavy atom. The number of nitrogens with one attached hydrogen (secondary N) is 2. The zero-order chi connectivity index (χ0) is 28.4. The van der Waals surface area contributed by atoms with Crippen LogP contribution in [-0.2, 0) is 28.0 Å². The van der Waals surface area contributed by atoms with Crippen molar-refractivity contribution in [3.05, 3.63) is 59.8 Å². The van der Waals surface area contributed by atoms with Gasteiger partial charge in [-0.05, 0) is 31.9 Å². The van der Waals surface area contributed by atoms with Crippen LogP contribution in [0.25, 0.3) is 5.69 Å². The Bertz CT molecular complexity index is 1420. The van der Waals surface area contributed by atoms with Crippen molar-refractivity contribution in [1.29, 1.82) is 0 Å². The van der Waals surface area contributed by atoms with Crippen LogP contribution >= 0.6 is 0 Å². The Hall–Kier alpha value is -3.72. The zero-order valence-electron chi connectivity index (χ0n) is 21.3. The fourth-order valence-corrected chi connectivity index (χ4v) is 5.70. The van der Waals surface area contributed by atoms with Crippen molar-refractivity contribution in [2.24, 2.45) is 13.0 Å². The number of aryl methyl sites for hydroxylation is 2. The van der Waals surface area contributed by atoms with Crippen LogP contribution in [0.5, 0.6) is 0 Å². The van der Waals surface area contributed by atoms with Crippen LogP contribution in [0.1, 0.15) is 34.7 Å². The molecule has 11 nitrogen and oxygen atoms in total. The van der Waals surface area contributed by atoms with E-state index >= 15 is 0 Å². The average Bonchev–Trinajstić information content (AvgIpc) is 3.51. The van der Waals surface area contributed by atoms with Crippen LogP contribution in [0.2, 0.25) is 0 Å². The number of hydrogen-bond donors (Lipinski definition) is 2. The molecule has 4 rings (SSSR count). The smallest absolute Gasteiger partial charge is 0.354 e. The van der Waals surface area contributed by atoms with Crippen LogP contribution < -0.4 is 10.6 Å². The summed E-state index contributed by atoms with van der Waals surface area (Å²) >= 11 is 0. The third kappa shape index (κ3) is 6.30. The molecule has 0 atom stereocenters. The molecule has 1 aliphatic rings. The lowest BCUT2D eigenvalue weighted by molar-refractivity contribution is -0.141. The lowest BCUT2D eigenvalue weighted by Gasteiger charge is -2.29. The molecule has 39 heavy (non-hydrogen) atoms. The summed E-state index contributed by atoms with van der Waals surface area (Å²) in [6.07, 6.45) is -1.77. The number of hydrogen-bond acceptors (Lipinski definition) is 6. The standard InChI is InChI=1S/C24H28F3N7O4S/c1-16-30-20(15-32(16)2)39(37,38)33-12-8-17(9-13-33)22(35)28-10-11-29-23(36)19-14-34(18-6-4-3-5-7-18)31-21(19)24(25,26)27/h3-7,14-15,17H,8-13H2,1-2H3,(H,28,35)(H,29,36). The molecule has 0 aliphatic carbocycles. The van der Waals surface area contributed by atoms with Gasteiger partial charge in [0.2, 0.25) is 5.91 Å². The normalized spacial score (nSPS) is 15.3. The van der Waals surface area contributed by atoms with E-state index in [9.17, 15) is 31.2 Å². The number of piperidine rings is 1. The van der Waals surface area contributed by atoms with E-state index < -0.39 is 39.3 Å². The highest BCUT2D eigenvalue weighted by Crippen LogP contribution is 2.31. The number of carbonyl (C=O) groups is 2. The summed E-state index contributed by atoms with van der Waals surface area (Å²) in [4.78, 5) is 29.2. The van der Waals surface area contributed by atoms with Gasteiger partial charge in [0.1, 0.15) is 5.82 Å². The summed E-state index contributed by atoms with van der Waals surface area (Å²) in [5.74, 6) is -1.15. The Morgan fingerprint density at radius 3 is 2.28 bits per heavy atom. The minimum Gasteiger partial charge on any atom is -0.354 e. The van der Waals surface area contributed by atoms with Crippen LogP contribution in [0.3, 0.4) is 0 Å². The van der Waals surface area contributed by atoms with Crippen molar-refractivity contribution in [2.45, 2.75) is 31.0 Å². The van der Waals surface area contributed by atoms with Gasteiger partial charge in [-0.2, -0.15) is 22.6 Å². The van der Waals surface area contributed by atoms with Crippen molar-refractivity contribution < 1.29 is 31.2 Å². The summed E-state index contributed by atoms with van der Waals surface area (Å²) in [7, 11) is -2.06. The number of carbonyl (C=O) groups excluding carboxylic acids is 2. The number of nitrogens with zero attached hydrogens (tertiary/aromatic N) is 5. The van der Waals surface area contributed by atoms with Crippen molar-refractivity contribution in [3.63, 3.8) is 0 Å². The summed E-state index contributed by atoms with van der Waals surface area (Å²) in [5, 5.41) is 8.54. The Kier molecular flexibility index (Phi) is 8.11. The molecule has 0 saturated carbocycles. The first-order valence-electron chi connectivity index (χ1n) is 12.2. The molecule has 1 aromatic carbocycles. The second-order valence-corrected chi connectivity index (χ2v) is 11.0. The Labute approximate surface area is 223 Å². The number of alkyl halides is 3. The van der Waals surface area contributed by atoms with Crippen molar-refractivity contribution in [1.82, 2.24) is 34.3 Å². The maximum atomic E-state index is 13.5. The molecule has 1 fully saturated rings. The van der Waals surface area contributed by atoms with Crippen molar-refractivity contribution in [2.75, 3.05) is 26.2 Å². The van der Waals surface area contributed by atoms with E-state index in [2.05, 4.69) is 20.7 Å². The van der Waals surface area contributed by atoms with Crippen LogP contribution in [0, 0.1) is 12.8 Å². The number of para-hydroxylation sites is 1. The molecular weight excluding hydrogens is 539 g/mol. The molecule has 0 spiro atoms. The molecular formula is C24H28F3N7O4S. The second kappa shape index (κ2) is 11.2. The molecule has 0 radical (unpaired) electrons. The molecule has 2 aromatic heterocycles. The van der Waals surface area contributed by atoms with E-state index in [0.717, 1.165) is 10.9 Å². The van der Waals surface area contributed by atoms with Crippen LogP contribution in [-0.4, -0.2) is 70.0 Å². The molecule has 3 heterocycles. The van der Waals surface area contributed by atoms with Gasteiger partial charge in [-0.25, -0.2) is 18.1 Å². The highest BCUT2D eigenvalue weighted by atomic mass is 32.2. The quantitative estimate of drug-likeness (QED) is 0.400. The topological polar surface area (TPSA) is 131 Å². The predicted octanol–water partition coefficient (Wildman–Crippen LogP) is 1.88. The highest BCUT2D eigenvalue weighted by Gasteiger charge is 2.39. The van der Waals surface area contributed by atoms with Crippen molar-refractivity contribution >= 4 is 21.8 Å². The average molecular weight is 568 g/mol. The van der Waals surface area contributed by atoms with Gasteiger partial charge in [0.05, 0.1) is 11.3 Å². The van der Waals surface area contributed by atoms with Gasteiger partial charge in [0.25, 0.3) is 15.9 Å². The van der Waals surface area contributed by atoms with E-state index in [1.165, 1.54) is 10.5 Å². The fourth-order valence-electron chi connectivity index (χ4n) is 4.20. The number of amides is 2. The van der Waals surface area contributed by atoms with Gasteiger partial charge in [-0.1, -0.05) is 18.2 Å². The SMILES string of the molecule is Cc1nc(S(=O)(=O)N2CCC(C(=O)NCCNC(=O)c3cn(-c4ccccc4)nc3C(F)(F)F)CC2)cn1C. The van der Waals surface area contributed by atoms with E-state index in [1.807, 2.05) is 0 Å². The summed E-state index contributed by atoms with van der Waals surface area (Å²) in [6.45, 7) is 1.89. The summed E-state index contributed by atoms with van der Waals surface area (Å²) in [6, 6.07) is 8.09.